The molecule has 1 fully saturated rings. The molecule has 1 aliphatic rings. The first-order valence-electron chi connectivity index (χ1n) is 6.18. The maximum absolute atomic E-state index is 11.0. The van der Waals surface area contributed by atoms with Crippen LogP contribution in [0.25, 0.3) is 0 Å². The highest BCUT2D eigenvalue weighted by atomic mass is 16.5. The Morgan fingerprint density at radius 3 is 2.76 bits per heavy atom. The molecule has 5 heteroatoms. The molecule has 1 atom stereocenters. The van der Waals surface area contributed by atoms with Crippen molar-refractivity contribution in [3.63, 3.8) is 0 Å². The minimum absolute atomic E-state index is 0.343. The first kappa shape index (κ1) is 14.4. The van der Waals surface area contributed by atoms with E-state index in [9.17, 15) is 9.90 Å². The van der Waals surface area contributed by atoms with Gasteiger partial charge in [0.2, 0.25) is 5.91 Å². The van der Waals surface area contributed by atoms with Crippen LogP contribution >= 0.6 is 0 Å². The molecule has 0 spiro atoms. The molecule has 4 N–H and O–H groups in total. The second kappa shape index (κ2) is 6.33. The van der Waals surface area contributed by atoms with E-state index in [2.05, 4.69) is 5.32 Å². The molecule has 100 valence electrons. The van der Waals surface area contributed by atoms with Crippen LogP contribution in [0, 0.1) is 11.3 Å². The SMILES string of the molecule is CC(C)(CNCC(O)COCC1CC1)C(N)=O. The molecule has 0 bridgehead atoms. The minimum atomic E-state index is -0.589. The zero-order valence-corrected chi connectivity index (χ0v) is 10.7. The average molecular weight is 244 g/mol. The Hall–Kier alpha value is -0.650. The number of rotatable bonds is 9. The highest BCUT2D eigenvalue weighted by Crippen LogP contribution is 2.28. The Morgan fingerprint density at radius 2 is 2.24 bits per heavy atom. The number of carbonyl (C=O) groups is 1. The molecule has 0 aliphatic heterocycles. The number of aliphatic hydroxyl groups excluding tert-OH is 1. The third-order valence-corrected chi connectivity index (χ3v) is 2.97. The van der Waals surface area contributed by atoms with E-state index in [-0.39, 0.29) is 5.91 Å². The average Bonchev–Trinajstić information content (AvgIpc) is 3.01. The van der Waals surface area contributed by atoms with Gasteiger partial charge >= 0.3 is 0 Å². The third kappa shape index (κ3) is 6.00. The quantitative estimate of drug-likeness (QED) is 0.528. The molecule has 1 amide bonds. The number of aliphatic hydroxyl groups is 1. The lowest BCUT2D eigenvalue weighted by Crippen LogP contribution is -2.43. The van der Waals surface area contributed by atoms with Crippen molar-refractivity contribution in [3.8, 4) is 0 Å². The minimum Gasteiger partial charge on any atom is -0.389 e. The Bertz CT molecular complexity index is 252. The summed E-state index contributed by atoms with van der Waals surface area (Å²) in [6.45, 7) is 5.53. The van der Waals surface area contributed by atoms with Gasteiger partial charge < -0.3 is 20.9 Å². The van der Waals surface area contributed by atoms with E-state index in [4.69, 9.17) is 10.5 Å². The van der Waals surface area contributed by atoms with E-state index in [1.165, 1.54) is 12.8 Å². The second-order valence-electron chi connectivity index (χ2n) is 5.51. The molecule has 0 heterocycles. The van der Waals surface area contributed by atoms with Gasteiger partial charge in [-0.3, -0.25) is 4.79 Å². The van der Waals surface area contributed by atoms with Crippen molar-refractivity contribution >= 4 is 5.91 Å². The maximum Gasteiger partial charge on any atom is 0.224 e. The van der Waals surface area contributed by atoms with Crippen LogP contribution in [0.4, 0.5) is 0 Å². The van der Waals surface area contributed by atoms with Crippen molar-refractivity contribution in [3.05, 3.63) is 0 Å². The standard InChI is InChI=1S/C12H24N2O3/c1-12(2,11(13)16)8-14-5-10(15)7-17-6-9-3-4-9/h9-10,14-15H,3-8H2,1-2H3,(H2,13,16). The fourth-order valence-corrected chi connectivity index (χ4v) is 1.35. The zero-order chi connectivity index (χ0) is 12.9. The molecule has 1 saturated carbocycles. The van der Waals surface area contributed by atoms with E-state index in [0.717, 1.165) is 6.61 Å². The number of carbonyl (C=O) groups excluding carboxylic acids is 1. The summed E-state index contributed by atoms with van der Waals surface area (Å²) >= 11 is 0. The van der Waals surface area contributed by atoms with Crippen molar-refractivity contribution in [2.24, 2.45) is 17.1 Å². The summed E-state index contributed by atoms with van der Waals surface area (Å²) in [4.78, 5) is 11.0. The first-order chi connectivity index (χ1) is 7.92. The van der Waals surface area contributed by atoms with Gasteiger partial charge in [0.15, 0.2) is 0 Å². The van der Waals surface area contributed by atoms with Crippen molar-refractivity contribution in [2.75, 3.05) is 26.3 Å². The van der Waals surface area contributed by atoms with Gasteiger partial charge in [0, 0.05) is 19.7 Å². The van der Waals surface area contributed by atoms with Crippen LogP contribution in [-0.4, -0.2) is 43.4 Å². The normalized spacial score (nSPS) is 18.1. The number of nitrogens with one attached hydrogen (secondary N) is 1. The summed E-state index contributed by atoms with van der Waals surface area (Å²) in [5.74, 6) is 0.369. The molecule has 0 saturated heterocycles. The Kier molecular flexibility index (Phi) is 5.36. The highest BCUT2D eigenvalue weighted by Gasteiger charge is 2.24. The summed E-state index contributed by atoms with van der Waals surface area (Å²) < 4.78 is 5.37. The van der Waals surface area contributed by atoms with Crippen LogP contribution in [-0.2, 0) is 9.53 Å². The fourth-order valence-electron chi connectivity index (χ4n) is 1.35. The number of ether oxygens (including phenoxy) is 1. The summed E-state index contributed by atoms with van der Waals surface area (Å²) in [7, 11) is 0. The summed E-state index contributed by atoms with van der Waals surface area (Å²) in [5, 5.41) is 12.6. The molecule has 17 heavy (non-hydrogen) atoms. The van der Waals surface area contributed by atoms with Gasteiger partial charge in [-0.15, -0.1) is 0 Å². The van der Waals surface area contributed by atoms with Crippen molar-refractivity contribution in [1.29, 1.82) is 0 Å². The Labute approximate surface area is 103 Å². The number of hydrogen-bond acceptors (Lipinski definition) is 4. The molecular formula is C12H24N2O3. The van der Waals surface area contributed by atoms with E-state index >= 15 is 0 Å². The molecule has 1 aliphatic carbocycles. The summed E-state index contributed by atoms with van der Waals surface area (Å²) in [6, 6.07) is 0. The van der Waals surface area contributed by atoms with Gasteiger partial charge in [-0.25, -0.2) is 0 Å². The van der Waals surface area contributed by atoms with Crippen molar-refractivity contribution in [1.82, 2.24) is 5.32 Å². The molecule has 0 aromatic heterocycles. The van der Waals surface area contributed by atoms with Crippen LogP contribution < -0.4 is 11.1 Å². The van der Waals surface area contributed by atoms with Crippen LogP contribution in [0.5, 0.6) is 0 Å². The fraction of sp³-hybridized carbons (Fsp3) is 0.917. The number of primary amides is 1. The van der Waals surface area contributed by atoms with Crippen LogP contribution in [0.15, 0.2) is 0 Å². The lowest BCUT2D eigenvalue weighted by molar-refractivity contribution is -0.125. The van der Waals surface area contributed by atoms with E-state index in [1.54, 1.807) is 13.8 Å². The smallest absolute Gasteiger partial charge is 0.224 e. The van der Waals surface area contributed by atoms with Crippen LogP contribution in [0.2, 0.25) is 0 Å². The highest BCUT2D eigenvalue weighted by molar-refractivity contribution is 5.80. The number of amides is 1. The summed E-state index contributed by atoms with van der Waals surface area (Å²) in [5.41, 5.74) is 4.65. The van der Waals surface area contributed by atoms with Gasteiger partial charge in [0.05, 0.1) is 18.1 Å². The largest absolute Gasteiger partial charge is 0.389 e. The first-order valence-corrected chi connectivity index (χ1v) is 6.18. The Morgan fingerprint density at radius 1 is 1.59 bits per heavy atom. The zero-order valence-electron chi connectivity index (χ0n) is 10.7. The molecule has 0 aromatic carbocycles. The van der Waals surface area contributed by atoms with Crippen LogP contribution in [0.1, 0.15) is 26.7 Å². The van der Waals surface area contributed by atoms with E-state index < -0.39 is 11.5 Å². The molecular weight excluding hydrogens is 220 g/mol. The molecule has 1 unspecified atom stereocenters. The van der Waals surface area contributed by atoms with Gasteiger partial charge in [0.1, 0.15) is 0 Å². The Balaban J connectivity index is 2.02. The van der Waals surface area contributed by atoms with E-state index in [0.29, 0.717) is 25.6 Å². The lowest BCUT2D eigenvalue weighted by Gasteiger charge is -2.22. The van der Waals surface area contributed by atoms with Crippen molar-refractivity contribution < 1.29 is 14.6 Å². The molecule has 1 rings (SSSR count). The topological polar surface area (TPSA) is 84.6 Å². The third-order valence-electron chi connectivity index (χ3n) is 2.97. The van der Waals surface area contributed by atoms with Crippen molar-refractivity contribution in [2.45, 2.75) is 32.8 Å². The summed E-state index contributed by atoms with van der Waals surface area (Å²) in [6.07, 6.45) is 1.97. The van der Waals surface area contributed by atoms with Gasteiger partial charge in [-0.1, -0.05) is 0 Å². The number of nitrogens with two attached hydrogens (primary N) is 1. The van der Waals surface area contributed by atoms with E-state index in [1.807, 2.05) is 0 Å². The van der Waals surface area contributed by atoms with Gasteiger partial charge in [-0.2, -0.15) is 0 Å². The van der Waals surface area contributed by atoms with Crippen LogP contribution in [0.3, 0.4) is 0 Å². The second-order valence-corrected chi connectivity index (χ2v) is 5.51. The lowest BCUT2D eigenvalue weighted by atomic mass is 9.93. The van der Waals surface area contributed by atoms with Gasteiger partial charge in [-0.05, 0) is 32.6 Å². The molecule has 0 radical (unpaired) electrons. The number of hydrogen-bond donors (Lipinski definition) is 3. The molecule has 0 aromatic rings. The maximum atomic E-state index is 11.0. The monoisotopic (exact) mass is 244 g/mol. The predicted octanol–water partition coefficient (Wildman–Crippen LogP) is -0.125. The predicted molar refractivity (Wildman–Crippen MR) is 65.4 cm³/mol. The van der Waals surface area contributed by atoms with Gasteiger partial charge in [0.25, 0.3) is 0 Å². The molecule has 5 nitrogen and oxygen atoms in total.